The number of carbonyl (C=O) groups is 1. The third-order valence-corrected chi connectivity index (χ3v) is 3.05. The molecule has 0 aliphatic heterocycles. The van der Waals surface area contributed by atoms with Crippen molar-refractivity contribution >= 4 is 33.2 Å². The van der Waals surface area contributed by atoms with Gasteiger partial charge in [0.1, 0.15) is 10.4 Å². The topological polar surface area (TPSA) is 76.2 Å². The number of carboxylic acid groups (broad SMARTS) is 1. The summed E-state index contributed by atoms with van der Waals surface area (Å²) in [5, 5.41) is 8.84. The smallest absolute Gasteiger partial charge is 0.348 e. The molecular weight excluding hydrogens is 200 g/mol. The number of hydrogen-bond donors (Lipinski definition) is 2. The lowest BCUT2D eigenvalue weighted by atomic mass is 10.3. The molecule has 5 heteroatoms. The van der Waals surface area contributed by atoms with Gasteiger partial charge in [-0.05, 0) is 19.1 Å². The van der Waals surface area contributed by atoms with Gasteiger partial charge >= 0.3 is 5.97 Å². The minimum Gasteiger partial charge on any atom is -0.477 e. The molecule has 2 heterocycles. The van der Waals surface area contributed by atoms with Crippen molar-refractivity contribution in [2.45, 2.75) is 6.92 Å². The van der Waals surface area contributed by atoms with Crippen molar-refractivity contribution in [2.24, 2.45) is 0 Å². The van der Waals surface area contributed by atoms with E-state index in [1.54, 1.807) is 0 Å². The minimum absolute atomic E-state index is 0.165. The van der Waals surface area contributed by atoms with Crippen LogP contribution in [0.3, 0.4) is 0 Å². The summed E-state index contributed by atoms with van der Waals surface area (Å²) < 4.78 is 0.811. The first-order valence-corrected chi connectivity index (χ1v) is 4.80. The third-order valence-electron chi connectivity index (χ3n) is 1.90. The Morgan fingerprint density at radius 1 is 1.57 bits per heavy atom. The standard InChI is InChI=1S/C9H8N2O2S/c1-4-2-3-5-7(11-4)6(10)8(14-5)9(12)13/h2-3H,10H2,1H3,(H,12,13). The van der Waals surface area contributed by atoms with Gasteiger partial charge in [-0.25, -0.2) is 4.79 Å². The number of pyridine rings is 1. The zero-order valence-electron chi connectivity index (χ0n) is 7.44. The van der Waals surface area contributed by atoms with Crippen LogP contribution in [0.1, 0.15) is 15.4 Å². The van der Waals surface area contributed by atoms with E-state index in [0.29, 0.717) is 5.52 Å². The van der Waals surface area contributed by atoms with Gasteiger partial charge in [-0.1, -0.05) is 0 Å². The quantitative estimate of drug-likeness (QED) is 0.750. The van der Waals surface area contributed by atoms with Crippen LogP contribution < -0.4 is 5.73 Å². The fourth-order valence-electron chi connectivity index (χ4n) is 1.25. The van der Waals surface area contributed by atoms with E-state index in [1.807, 2.05) is 19.1 Å². The second-order valence-electron chi connectivity index (χ2n) is 2.95. The number of rotatable bonds is 1. The molecule has 0 saturated carbocycles. The number of thiophene rings is 1. The average Bonchev–Trinajstić information content (AvgIpc) is 2.44. The van der Waals surface area contributed by atoms with E-state index in [2.05, 4.69) is 4.98 Å². The van der Waals surface area contributed by atoms with Gasteiger partial charge in [0.2, 0.25) is 0 Å². The van der Waals surface area contributed by atoms with Crippen LogP contribution in [0.25, 0.3) is 10.2 Å². The zero-order valence-corrected chi connectivity index (χ0v) is 8.26. The first-order chi connectivity index (χ1) is 6.59. The molecule has 0 atom stereocenters. The summed E-state index contributed by atoms with van der Waals surface area (Å²) in [6.45, 7) is 1.84. The van der Waals surface area contributed by atoms with E-state index in [0.717, 1.165) is 21.7 Å². The Kier molecular flexibility index (Phi) is 1.89. The molecule has 72 valence electrons. The number of nitrogens with zero attached hydrogens (tertiary/aromatic N) is 1. The summed E-state index contributed by atoms with van der Waals surface area (Å²) in [6.07, 6.45) is 0. The van der Waals surface area contributed by atoms with E-state index in [1.165, 1.54) is 0 Å². The van der Waals surface area contributed by atoms with E-state index < -0.39 is 5.97 Å². The molecule has 0 radical (unpaired) electrons. The number of aromatic carboxylic acids is 1. The number of aromatic nitrogens is 1. The summed E-state index contributed by atoms with van der Waals surface area (Å²) in [6, 6.07) is 3.68. The van der Waals surface area contributed by atoms with Crippen molar-refractivity contribution in [2.75, 3.05) is 5.73 Å². The maximum Gasteiger partial charge on any atom is 0.348 e. The molecule has 2 aromatic rings. The molecule has 2 aromatic heterocycles. The van der Waals surface area contributed by atoms with Crippen LogP contribution >= 0.6 is 11.3 Å². The molecule has 0 aliphatic carbocycles. The highest BCUT2D eigenvalue weighted by atomic mass is 32.1. The molecule has 0 spiro atoms. The Hall–Kier alpha value is -1.62. The second kappa shape index (κ2) is 2.95. The van der Waals surface area contributed by atoms with Crippen LogP contribution in [0.15, 0.2) is 12.1 Å². The fraction of sp³-hybridized carbons (Fsp3) is 0.111. The number of carboxylic acids is 1. The predicted molar refractivity (Wildman–Crippen MR) is 55.7 cm³/mol. The maximum absolute atomic E-state index is 10.8. The number of anilines is 1. The average molecular weight is 208 g/mol. The molecule has 0 fully saturated rings. The first kappa shape index (κ1) is 8.96. The minimum atomic E-state index is -0.997. The summed E-state index contributed by atoms with van der Waals surface area (Å²) in [7, 11) is 0. The number of nitrogens with two attached hydrogens (primary N) is 1. The molecule has 4 nitrogen and oxygen atoms in total. The van der Waals surface area contributed by atoms with E-state index in [-0.39, 0.29) is 10.6 Å². The highest BCUT2D eigenvalue weighted by Gasteiger charge is 2.15. The van der Waals surface area contributed by atoms with Gasteiger partial charge in [-0.2, -0.15) is 0 Å². The lowest BCUT2D eigenvalue weighted by molar-refractivity contribution is 0.0703. The van der Waals surface area contributed by atoms with Crippen LogP contribution in [0.2, 0.25) is 0 Å². The van der Waals surface area contributed by atoms with Gasteiger partial charge in [0, 0.05) is 5.69 Å². The summed E-state index contributed by atoms with van der Waals surface area (Å²) in [4.78, 5) is 15.1. The molecule has 2 rings (SSSR count). The SMILES string of the molecule is Cc1ccc2sc(C(=O)O)c(N)c2n1. The van der Waals surface area contributed by atoms with Crippen molar-refractivity contribution in [3.63, 3.8) is 0 Å². The maximum atomic E-state index is 10.8. The normalized spacial score (nSPS) is 10.6. The number of aryl methyl sites for hydroxylation is 1. The lowest BCUT2D eigenvalue weighted by Gasteiger charge is -1.93. The lowest BCUT2D eigenvalue weighted by Crippen LogP contribution is -1.97. The summed E-state index contributed by atoms with van der Waals surface area (Å²) in [5.41, 5.74) is 7.36. The highest BCUT2D eigenvalue weighted by molar-refractivity contribution is 7.21. The molecule has 0 aliphatic rings. The van der Waals surface area contributed by atoms with Crippen molar-refractivity contribution in [1.29, 1.82) is 0 Å². The van der Waals surface area contributed by atoms with Crippen molar-refractivity contribution in [3.8, 4) is 0 Å². The molecule has 0 amide bonds. The third kappa shape index (κ3) is 1.22. The van der Waals surface area contributed by atoms with Gasteiger partial charge < -0.3 is 10.8 Å². The van der Waals surface area contributed by atoms with E-state index in [9.17, 15) is 4.79 Å². The van der Waals surface area contributed by atoms with Gasteiger partial charge in [0.05, 0.1) is 10.4 Å². The van der Waals surface area contributed by atoms with Crippen LogP contribution in [-0.4, -0.2) is 16.1 Å². The Labute approximate surface area is 84.0 Å². The Bertz CT molecular complexity index is 519. The zero-order chi connectivity index (χ0) is 10.3. The van der Waals surface area contributed by atoms with Crippen LogP contribution in [0.4, 0.5) is 5.69 Å². The Morgan fingerprint density at radius 2 is 2.29 bits per heavy atom. The number of fused-ring (bicyclic) bond motifs is 1. The van der Waals surface area contributed by atoms with Gasteiger partial charge in [0.15, 0.2) is 0 Å². The van der Waals surface area contributed by atoms with E-state index in [4.69, 9.17) is 10.8 Å². The van der Waals surface area contributed by atoms with Crippen LogP contribution in [-0.2, 0) is 0 Å². The molecule has 0 unspecified atom stereocenters. The largest absolute Gasteiger partial charge is 0.477 e. The molecule has 0 aromatic carbocycles. The highest BCUT2D eigenvalue weighted by Crippen LogP contribution is 2.32. The molecule has 3 N–H and O–H groups in total. The number of hydrogen-bond acceptors (Lipinski definition) is 4. The second-order valence-corrected chi connectivity index (χ2v) is 4.00. The van der Waals surface area contributed by atoms with Crippen molar-refractivity contribution < 1.29 is 9.90 Å². The summed E-state index contributed by atoms with van der Waals surface area (Å²) in [5.74, 6) is -0.997. The first-order valence-electron chi connectivity index (χ1n) is 3.98. The molecule has 14 heavy (non-hydrogen) atoms. The van der Waals surface area contributed by atoms with Crippen LogP contribution in [0.5, 0.6) is 0 Å². The molecule has 0 bridgehead atoms. The van der Waals surface area contributed by atoms with Gasteiger partial charge in [0.25, 0.3) is 0 Å². The monoisotopic (exact) mass is 208 g/mol. The van der Waals surface area contributed by atoms with Crippen molar-refractivity contribution in [3.05, 3.63) is 22.7 Å². The Morgan fingerprint density at radius 3 is 2.93 bits per heavy atom. The summed E-state index contributed by atoms with van der Waals surface area (Å²) >= 11 is 1.15. The van der Waals surface area contributed by atoms with Gasteiger partial charge in [-0.15, -0.1) is 11.3 Å². The van der Waals surface area contributed by atoms with Gasteiger partial charge in [-0.3, -0.25) is 4.98 Å². The van der Waals surface area contributed by atoms with E-state index >= 15 is 0 Å². The fourth-order valence-corrected chi connectivity index (χ4v) is 2.15. The number of nitrogen functional groups attached to an aromatic ring is 1. The molecular formula is C9H8N2O2S. The Balaban J connectivity index is 2.80. The van der Waals surface area contributed by atoms with Crippen LogP contribution in [0, 0.1) is 6.92 Å². The predicted octanol–water partition coefficient (Wildman–Crippen LogP) is 1.89. The molecule has 0 saturated heterocycles. The van der Waals surface area contributed by atoms with Crippen molar-refractivity contribution in [1.82, 2.24) is 4.98 Å².